The number of ketones is 1. The van der Waals surface area contributed by atoms with Gasteiger partial charge in [-0.25, -0.2) is 4.39 Å². The first-order chi connectivity index (χ1) is 9.99. The summed E-state index contributed by atoms with van der Waals surface area (Å²) in [6.07, 6.45) is 4.03. The Bertz CT molecular complexity index is 547. The Morgan fingerprint density at radius 3 is 2.76 bits per heavy atom. The fourth-order valence-electron chi connectivity index (χ4n) is 2.81. The summed E-state index contributed by atoms with van der Waals surface area (Å²) in [5.74, 6) is -0.910. The van der Waals surface area contributed by atoms with Crippen molar-refractivity contribution in [3.05, 3.63) is 34.6 Å². The van der Waals surface area contributed by atoms with Crippen LogP contribution in [0.3, 0.4) is 0 Å². The number of carbonyl (C=O) groups is 2. The predicted octanol–water partition coefficient (Wildman–Crippen LogP) is 3.84. The van der Waals surface area contributed by atoms with Gasteiger partial charge in [0.1, 0.15) is 11.6 Å². The van der Waals surface area contributed by atoms with Crippen molar-refractivity contribution in [3.8, 4) is 0 Å². The Kier molecular flexibility index (Phi) is 5.34. The van der Waals surface area contributed by atoms with Crippen LogP contribution < -0.4 is 0 Å². The number of nitrogens with zero attached hydrogens (tertiary/aromatic N) is 1. The van der Waals surface area contributed by atoms with Crippen LogP contribution in [0, 0.1) is 5.82 Å². The Hall–Kier alpha value is -1.42. The average molecular weight is 312 g/mol. The van der Waals surface area contributed by atoms with Crippen LogP contribution in [-0.4, -0.2) is 29.2 Å². The van der Waals surface area contributed by atoms with Crippen molar-refractivity contribution >= 4 is 23.3 Å². The second-order valence-electron chi connectivity index (χ2n) is 5.53. The number of halogens is 2. The molecular formula is C16H19ClFNO2. The van der Waals surface area contributed by atoms with Gasteiger partial charge in [0.2, 0.25) is 0 Å². The standard InChI is InChI=1S/C16H19ClFNO2/c1-11(20)9-13-5-3-2-4-8-19(13)16(21)14-7-6-12(17)10-15(14)18/h6-7,10,13H,2-5,8-9H2,1H3. The maximum atomic E-state index is 13.9. The molecule has 0 spiro atoms. The SMILES string of the molecule is CC(=O)CC1CCCCCN1C(=O)c1ccc(Cl)cc1F. The number of hydrogen-bond donors (Lipinski definition) is 0. The molecule has 1 amide bonds. The summed E-state index contributed by atoms with van der Waals surface area (Å²) < 4.78 is 13.9. The van der Waals surface area contributed by atoms with Crippen LogP contribution in [-0.2, 0) is 4.79 Å². The Morgan fingerprint density at radius 2 is 2.10 bits per heavy atom. The van der Waals surface area contributed by atoms with E-state index in [1.165, 1.54) is 19.1 Å². The number of hydrogen-bond acceptors (Lipinski definition) is 2. The second-order valence-corrected chi connectivity index (χ2v) is 5.97. The lowest BCUT2D eigenvalue weighted by Gasteiger charge is -2.29. The molecule has 0 aromatic heterocycles. The lowest BCUT2D eigenvalue weighted by atomic mass is 10.0. The molecule has 1 aromatic rings. The molecule has 1 aliphatic rings. The molecule has 1 fully saturated rings. The van der Waals surface area contributed by atoms with Crippen molar-refractivity contribution < 1.29 is 14.0 Å². The maximum absolute atomic E-state index is 13.9. The van der Waals surface area contributed by atoms with Gasteiger partial charge >= 0.3 is 0 Å². The molecule has 5 heteroatoms. The molecule has 1 aliphatic heterocycles. The Balaban J connectivity index is 2.26. The van der Waals surface area contributed by atoms with Crippen molar-refractivity contribution in [2.24, 2.45) is 0 Å². The van der Waals surface area contributed by atoms with Crippen LogP contribution in [0.15, 0.2) is 18.2 Å². The third-order valence-electron chi connectivity index (χ3n) is 3.82. The van der Waals surface area contributed by atoms with Gasteiger partial charge in [0.15, 0.2) is 0 Å². The fourth-order valence-corrected chi connectivity index (χ4v) is 2.97. The summed E-state index contributed by atoms with van der Waals surface area (Å²) in [6.45, 7) is 2.09. The van der Waals surface area contributed by atoms with Crippen LogP contribution in [0.1, 0.15) is 49.4 Å². The van der Waals surface area contributed by atoms with Gasteiger partial charge in [-0.1, -0.05) is 24.4 Å². The van der Waals surface area contributed by atoms with Crippen molar-refractivity contribution in [3.63, 3.8) is 0 Å². The van der Waals surface area contributed by atoms with Crippen molar-refractivity contribution in [2.75, 3.05) is 6.54 Å². The van der Waals surface area contributed by atoms with Gasteiger partial charge in [-0.05, 0) is 38.0 Å². The number of Topliss-reactive ketones (excluding diaryl/α,β-unsaturated/α-hetero) is 1. The first-order valence-electron chi connectivity index (χ1n) is 7.24. The first kappa shape index (κ1) is 16.0. The largest absolute Gasteiger partial charge is 0.335 e. The van der Waals surface area contributed by atoms with E-state index in [9.17, 15) is 14.0 Å². The lowest BCUT2D eigenvalue weighted by Crippen LogP contribution is -2.41. The summed E-state index contributed by atoms with van der Waals surface area (Å²) in [5, 5.41) is 0.264. The molecule has 2 rings (SSSR count). The van der Waals surface area contributed by atoms with E-state index in [1.807, 2.05) is 0 Å². The van der Waals surface area contributed by atoms with Crippen LogP contribution in [0.2, 0.25) is 5.02 Å². The minimum atomic E-state index is -0.613. The summed E-state index contributed by atoms with van der Waals surface area (Å²) in [7, 11) is 0. The normalized spacial score (nSPS) is 19.2. The predicted molar refractivity (Wildman–Crippen MR) is 80.0 cm³/mol. The molecule has 1 unspecified atom stereocenters. The molecule has 1 heterocycles. The number of likely N-dealkylation sites (tertiary alicyclic amines) is 1. The fraction of sp³-hybridized carbons (Fsp3) is 0.500. The van der Waals surface area contributed by atoms with E-state index in [4.69, 9.17) is 11.6 Å². The topological polar surface area (TPSA) is 37.4 Å². The molecular weight excluding hydrogens is 293 g/mol. The summed E-state index contributed by atoms with van der Waals surface area (Å²) in [6, 6.07) is 3.94. The zero-order valence-electron chi connectivity index (χ0n) is 12.1. The number of amides is 1. The van der Waals surface area contributed by atoms with Crippen molar-refractivity contribution in [1.82, 2.24) is 4.90 Å². The number of rotatable bonds is 3. The van der Waals surface area contributed by atoms with Crippen molar-refractivity contribution in [1.29, 1.82) is 0 Å². The molecule has 0 radical (unpaired) electrons. The van der Waals surface area contributed by atoms with E-state index >= 15 is 0 Å². The molecule has 0 N–H and O–H groups in total. The minimum absolute atomic E-state index is 0.0230. The molecule has 1 aromatic carbocycles. The van der Waals surface area contributed by atoms with Gasteiger partial charge < -0.3 is 4.90 Å². The highest BCUT2D eigenvalue weighted by Crippen LogP contribution is 2.23. The third kappa shape index (κ3) is 4.03. The van der Waals surface area contributed by atoms with Gasteiger partial charge in [-0.2, -0.15) is 0 Å². The van der Waals surface area contributed by atoms with Crippen LogP contribution in [0.25, 0.3) is 0 Å². The average Bonchev–Trinajstić information content (AvgIpc) is 2.63. The van der Waals surface area contributed by atoms with Gasteiger partial charge in [-0.3, -0.25) is 9.59 Å². The molecule has 0 aliphatic carbocycles. The molecule has 0 bridgehead atoms. The zero-order valence-corrected chi connectivity index (χ0v) is 12.8. The van der Waals surface area contributed by atoms with E-state index in [0.29, 0.717) is 13.0 Å². The molecule has 114 valence electrons. The van der Waals surface area contributed by atoms with E-state index in [2.05, 4.69) is 0 Å². The summed E-state index contributed by atoms with van der Waals surface area (Å²) in [5.41, 5.74) is 0.0230. The molecule has 3 nitrogen and oxygen atoms in total. The second kappa shape index (κ2) is 7.03. The summed E-state index contributed by atoms with van der Waals surface area (Å²) >= 11 is 5.72. The minimum Gasteiger partial charge on any atom is -0.335 e. The van der Waals surface area contributed by atoms with E-state index in [0.717, 1.165) is 31.7 Å². The third-order valence-corrected chi connectivity index (χ3v) is 4.06. The smallest absolute Gasteiger partial charge is 0.257 e. The Labute approximate surface area is 129 Å². The van der Waals surface area contributed by atoms with Crippen LogP contribution >= 0.6 is 11.6 Å². The van der Waals surface area contributed by atoms with Gasteiger partial charge in [0.25, 0.3) is 5.91 Å². The highest BCUT2D eigenvalue weighted by Gasteiger charge is 2.28. The molecule has 1 atom stereocenters. The van der Waals surface area contributed by atoms with Gasteiger partial charge in [0, 0.05) is 24.0 Å². The zero-order chi connectivity index (χ0) is 15.4. The highest BCUT2D eigenvalue weighted by atomic mass is 35.5. The van der Waals surface area contributed by atoms with Crippen LogP contribution in [0.4, 0.5) is 4.39 Å². The van der Waals surface area contributed by atoms with Gasteiger partial charge in [0.05, 0.1) is 5.56 Å². The van der Waals surface area contributed by atoms with Crippen LogP contribution in [0.5, 0.6) is 0 Å². The highest BCUT2D eigenvalue weighted by molar-refractivity contribution is 6.30. The molecule has 0 saturated carbocycles. The van der Waals surface area contributed by atoms with Crippen molar-refractivity contribution in [2.45, 2.75) is 45.1 Å². The molecule has 1 saturated heterocycles. The lowest BCUT2D eigenvalue weighted by molar-refractivity contribution is -0.118. The van der Waals surface area contributed by atoms with Gasteiger partial charge in [-0.15, -0.1) is 0 Å². The summed E-state index contributed by atoms with van der Waals surface area (Å²) in [4.78, 5) is 25.7. The van der Waals surface area contributed by atoms with E-state index in [1.54, 1.807) is 4.90 Å². The first-order valence-corrected chi connectivity index (χ1v) is 7.62. The quantitative estimate of drug-likeness (QED) is 0.850. The number of benzene rings is 1. The van der Waals surface area contributed by atoms with E-state index < -0.39 is 5.82 Å². The van der Waals surface area contributed by atoms with E-state index in [-0.39, 0.29) is 28.3 Å². The molecule has 21 heavy (non-hydrogen) atoms. The Morgan fingerprint density at radius 1 is 1.33 bits per heavy atom. The number of carbonyl (C=O) groups excluding carboxylic acids is 2. The maximum Gasteiger partial charge on any atom is 0.257 e. The monoisotopic (exact) mass is 311 g/mol.